The Bertz CT molecular complexity index is 712. The molecule has 1 heterocycles. The fourth-order valence-corrected chi connectivity index (χ4v) is 3.30. The van der Waals surface area contributed by atoms with Crippen LogP contribution in [-0.2, 0) is 0 Å². The Morgan fingerprint density at radius 3 is 2.48 bits per heavy atom. The van der Waals surface area contributed by atoms with Crippen LogP contribution in [-0.4, -0.2) is 48.4 Å². The Hall–Kier alpha value is -1.91. The Labute approximate surface area is 158 Å². The van der Waals surface area contributed by atoms with E-state index >= 15 is 0 Å². The summed E-state index contributed by atoms with van der Waals surface area (Å²) >= 11 is 3.41. The first-order valence-electron chi connectivity index (χ1n) is 8.71. The molecular weight excluding hydrogens is 376 g/mol. The second-order valence-corrected chi connectivity index (χ2v) is 7.18. The molecular formula is C21H23BrN2O. The molecule has 1 fully saturated rings. The average molecular weight is 399 g/mol. The first-order valence-corrected chi connectivity index (χ1v) is 9.50. The zero-order valence-electron chi connectivity index (χ0n) is 14.3. The van der Waals surface area contributed by atoms with Crippen LogP contribution >= 0.6 is 15.9 Å². The average Bonchev–Trinajstić information content (AvgIpc) is 2.88. The highest BCUT2D eigenvalue weighted by Crippen LogP contribution is 2.14. The van der Waals surface area contributed by atoms with Gasteiger partial charge in [0.25, 0.3) is 5.91 Å². The molecule has 0 atom stereocenters. The molecule has 1 amide bonds. The molecule has 1 saturated heterocycles. The van der Waals surface area contributed by atoms with Crippen LogP contribution in [0, 0.1) is 0 Å². The maximum absolute atomic E-state index is 12.6. The van der Waals surface area contributed by atoms with Gasteiger partial charge in [-0.2, -0.15) is 0 Å². The van der Waals surface area contributed by atoms with Crippen LogP contribution in [0.15, 0.2) is 65.1 Å². The van der Waals surface area contributed by atoms with Gasteiger partial charge in [0.1, 0.15) is 0 Å². The predicted octanol–water partition coefficient (Wildman–Crippen LogP) is 4.31. The maximum atomic E-state index is 12.6. The van der Waals surface area contributed by atoms with Crippen molar-refractivity contribution in [3.63, 3.8) is 0 Å². The molecule has 0 bridgehead atoms. The quantitative estimate of drug-likeness (QED) is 0.765. The summed E-state index contributed by atoms with van der Waals surface area (Å²) in [6.07, 6.45) is 5.39. The number of benzene rings is 2. The zero-order valence-corrected chi connectivity index (χ0v) is 15.9. The fourth-order valence-electron chi connectivity index (χ4n) is 3.03. The number of halogens is 1. The number of hydrogen-bond acceptors (Lipinski definition) is 2. The minimum absolute atomic E-state index is 0.133. The molecule has 3 rings (SSSR count). The van der Waals surface area contributed by atoms with E-state index in [2.05, 4.69) is 57.2 Å². The van der Waals surface area contributed by atoms with Crippen molar-refractivity contribution >= 4 is 27.9 Å². The second kappa shape index (κ2) is 8.97. The Balaban J connectivity index is 1.52. The van der Waals surface area contributed by atoms with Gasteiger partial charge in [-0.1, -0.05) is 58.4 Å². The molecule has 130 valence electrons. The van der Waals surface area contributed by atoms with Crippen LogP contribution in [0.2, 0.25) is 0 Å². The molecule has 4 heteroatoms. The fraction of sp³-hybridized carbons (Fsp3) is 0.286. The highest BCUT2D eigenvalue weighted by molar-refractivity contribution is 9.10. The van der Waals surface area contributed by atoms with Crippen LogP contribution in [0.4, 0.5) is 0 Å². The van der Waals surface area contributed by atoms with Crippen molar-refractivity contribution in [2.24, 2.45) is 0 Å². The molecule has 0 spiro atoms. The van der Waals surface area contributed by atoms with Gasteiger partial charge >= 0.3 is 0 Å². The van der Waals surface area contributed by atoms with Gasteiger partial charge in [0.2, 0.25) is 0 Å². The van der Waals surface area contributed by atoms with E-state index in [0.717, 1.165) is 49.2 Å². The van der Waals surface area contributed by atoms with E-state index in [4.69, 9.17) is 0 Å². The van der Waals surface area contributed by atoms with Crippen molar-refractivity contribution in [3.8, 4) is 0 Å². The summed E-state index contributed by atoms with van der Waals surface area (Å²) in [5.41, 5.74) is 1.99. The third-order valence-electron chi connectivity index (χ3n) is 4.44. The first-order chi connectivity index (χ1) is 12.2. The van der Waals surface area contributed by atoms with E-state index in [1.807, 2.05) is 35.2 Å². The first kappa shape index (κ1) is 17.9. The molecule has 1 aliphatic heterocycles. The Morgan fingerprint density at radius 1 is 0.960 bits per heavy atom. The van der Waals surface area contributed by atoms with Crippen LogP contribution in [0.25, 0.3) is 6.08 Å². The highest BCUT2D eigenvalue weighted by Gasteiger charge is 2.19. The van der Waals surface area contributed by atoms with Crippen molar-refractivity contribution in [1.82, 2.24) is 9.80 Å². The molecule has 0 aliphatic carbocycles. The van der Waals surface area contributed by atoms with Crippen molar-refractivity contribution in [1.29, 1.82) is 0 Å². The van der Waals surface area contributed by atoms with Gasteiger partial charge in [0.15, 0.2) is 0 Å². The highest BCUT2D eigenvalue weighted by atomic mass is 79.9. The topological polar surface area (TPSA) is 23.6 Å². The minimum atomic E-state index is 0.133. The summed E-state index contributed by atoms with van der Waals surface area (Å²) in [5.74, 6) is 0.133. The van der Waals surface area contributed by atoms with Crippen LogP contribution in [0.3, 0.4) is 0 Å². The van der Waals surface area contributed by atoms with Crippen molar-refractivity contribution in [3.05, 3.63) is 76.3 Å². The second-order valence-electron chi connectivity index (χ2n) is 6.27. The van der Waals surface area contributed by atoms with E-state index in [1.54, 1.807) is 0 Å². The van der Waals surface area contributed by atoms with E-state index < -0.39 is 0 Å². The van der Waals surface area contributed by atoms with Crippen molar-refractivity contribution in [2.75, 3.05) is 32.7 Å². The molecule has 0 unspecified atom stereocenters. The monoisotopic (exact) mass is 398 g/mol. The number of hydrogen-bond donors (Lipinski definition) is 0. The lowest BCUT2D eigenvalue weighted by Crippen LogP contribution is -2.35. The number of carbonyl (C=O) groups excluding carboxylic acids is 1. The standard InChI is InChI=1S/C21H23BrN2O/c22-20-11-9-19(10-12-20)21(25)24-15-5-14-23(16-17-24)13-4-8-18-6-2-1-3-7-18/h1-4,6-12H,5,13-17H2. The van der Waals surface area contributed by atoms with Crippen molar-refractivity contribution in [2.45, 2.75) is 6.42 Å². The lowest BCUT2D eigenvalue weighted by Gasteiger charge is -2.21. The van der Waals surface area contributed by atoms with Crippen molar-refractivity contribution < 1.29 is 4.79 Å². The largest absolute Gasteiger partial charge is 0.337 e. The lowest BCUT2D eigenvalue weighted by atomic mass is 10.2. The molecule has 0 radical (unpaired) electrons. The molecule has 0 aromatic heterocycles. The Morgan fingerprint density at radius 2 is 1.72 bits per heavy atom. The molecule has 1 aliphatic rings. The molecule has 2 aromatic rings. The molecule has 2 aromatic carbocycles. The minimum Gasteiger partial charge on any atom is -0.337 e. The van der Waals surface area contributed by atoms with Gasteiger partial charge in [-0.25, -0.2) is 0 Å². The number of nitrogens with zero attached hydrogens (tertiary/aromatic N) is 2. The van der Waals surface area contributed by atoms with E-state index in [1.165, 1.54) is 5.56 Å². The molecule has 25 heavy (non-hydrogen) atoms. The normalized spacial score (nSPS) is 16.1. The number of carbonyl (C=O) groups is 1. The summed E-state index contributed by atoms with van der Waals surface area (Å²) in [4.78, 5) is 17.0. The predicted molar refractivity (Wildman–Crippen MR) is 107 cm³/mol. The summed E-state index contributed by atoms with van der Waals surface area (Å²) in [7, 11) is 0. The van der Waals surface area contributed by atoms with Crippen LogP contribution in [0.5, 0.6) is 0 Å². The third-order valence-corrected chi connectivity index (χ3v) is 4.97. The van der Waals surface area contributed by atoms with E-state index in [9.17, 15) is 4.79 Å². The molecule has 3 nitrogen and oxygen atoms in total. The molecule has 0 saturated carbocycles. The number of rotatable bonds is 4. The van der Waals surface area contributed by atoms with Gasteiger partial charge in [-0.3, -0.25) is 9.69 Å². The van der Waals surface area contributed by atoms with Gasteiger partial charge in [-0.05, 0) is 36.2 Å². The summed E-state index contributed by atoms with van der Waals surface area (Å²) in [6.45, 7) is 4.49. The summed E-state index contributed by atoms with van der Waals surface area (Å²) in [6, 6.07) is 18.0. The lowest BCUT2D eigenvalue weighted by molar-refractivity contribution is 0.0762. The van der Waals surface area contributed by atoms with Crippen LogP contribution in [0.1, 0.15) is 22.3 Å². The maximum Gasteiger partial charge on any atom is 0.253 e. The van der Waals surface area contributed by atoms with E-state index in [0.29, 0.717) is 0 Å². The van der Waals surface area contributed by atoms with Gasteiger partial charge in [-0.15, -0.1) is 0 Å². The third kappa shape index (κ3) is 5.28. The summed E-state index contributed by atoms with van der Waals surface area (Å²) in [5, 5.41) is 0. The van der Waals surface area contributed by atoms with E-state index in [-0.39, 0.29) is 5.91 Å². The van der Waals surface area contributed by atoms with Crippen LogP contribution < -0.4 is 0 Å². The summed E-state index contributed by atoms with van der Waals surface area (Å²) < 4.78 is 0.997. The SMILES string of the molecule is O=C(c1ccc(Br)cc1)N1CCCN(CC=Cc2ccccc2)CC1. The smallest absolute Gasteiger partial charge is 0.253 e. The molecule has 0 N–H and O–H groups in total. The Kier molecular flexibility index (Phi) is 6.42. The number of amides is 1. The van der Waals surface area contributed by atoms with Gasteiger partial charge in [0, 0.05) is 42.8 Å². The zero-order chi connectivity index (χ0) is 17.5. The van der Waals surface area contributed by atoms with Gasteiger partial charge in [0.05, 0.1) is 0 Å². The van der Waals surface area contributed by atoms with Gasteiger partial charge < -0.3 is 4.90 Å².